The second-order valence-corrected chi connectivity index (χ2v) is 4.00. The van der Waals surface area contributed by atoms with Gasteiger partial charge in [-0.1, -0.05) is 0 Å². The molecule has 1 rings (SSSR count). The average Bonchev–Trinajstić information content (AvgIpc) is 2.19. The maximum Gasteiger partial charge on any atom is 0.132 e. The van der Waals surface area contributed by atoms with Crippen LogP contribution in [0.3, 0.4) is 0 Å². The van der Waals surface area contributed by atoms with E-state index in [1.54, 1.807) is 11.2 Å². The number of aromatic hydroxyl groups is 1. The molecular formula is C10H10BrN3O. The van der Waals surface area contributed by atoms with Gasteiger partial charge in [0.2, 0.25) is 0 Å². The van der Waals surface area contributed by atoms with Crippen molar-refractivity contribution in [1.82, 2.24) is 4.90 Å². The summed E-state index contributed by atoms with van der Waals surface area (Å²) >= 11 is 3.14. The highest BCUT2D eigenvalue weighted by Gasteiger charge is 2.05. The molecule has 0 amide bonds. The smallest absolute Gasteiger partial charge is 0.132 e. The molecule has 0 spiro atoms. The lowest BCUT2D eigenvalue weighted by Gasteiger charge is -2.04. The van der Waals surface area contributed by atoms with E-state index in [9.17, 15) is 5.11 Å². The highest BCUT2D eigenvalue weighted by molar-refractivity contribution is 9.10. The number of hydrogen-bond donors (Lipinski definition) is 1. The standard InChI is InChI=1S/C10H10BrN3O/c1-14(2)6-13-9-4-10(15)8(11)3-7(9)5-12/h3-4,6,15H,1-2H3/b13-6+. The van der Waals surface area contributed by atoms with Crippen LogP contribution in [0, 0.1) is 11.3 Å². The SMILES string of the molecule is CN(C)/C=N/c1cc(O)c(Br)cc1C#N. The number of phenols is 1. The zero-order valence-corrected chi connectivity index (χ0v) is 9.98. The van der Waals surface area contributed by atoms with E-state index in [1.165, 1.54) is 12.1 Å². The van der Waals surface area contributed by atoms with Crippen LogP contribution in [0.15, 0.2) is 21.6 Å². The molecule has 5 heteroatoms. The highest BCUT2D eigenvalue weighted by Crippen LogP contribution is 2.31. The van der Waals surface area contributed by atoms with Gasteiger partial charge in [0.15, 0.2) is 0 Å². The van der Waals surface area contributed by atoms with Gasteiger partial charge in [0.05, 0.1) is 22.1 Å². The van der Waals surface area contributed by atoms with Gasteiger partial charge in [-0.3, -0.25) is 0 Å². The lowest BCUT2D eigenvalue weighted by molar-refractivity contribution is 0.472. The molecule has 0 heterocycles. The van der Waals surface area contributed by atoms with Gasteiger partial charge in [-0.25, -0.2) is 4.99 Å². The van der Waals surface area contributed by atoms with Crippen LogP contribution in [0.1, 0.15) is 5.56 Å². The summed E-state index contributed by atoms with van der Waals surface area (Å²) in [6.45, 7) is 0. The first-order valence-corrected chi connectivity index (χ1v) is 4.97. The summed E-state index contributed by atoms with van der Waals surface area (Å²) in [5.41, 5.74) is 0.865. The van der Waals surface area contributed by atoms with E-state index >= 15 is 0 Å². The fraction of sp³-hybridized carbons (Fsp3) is 0.200. The van der Waals surface area contributed by atoms with E-state index in [2.05, 4.69) is 20.9 Å². The van der Waals surface area contributed by atoms with Crippen molar-refractivity contribution in [3.05, 3.63) is 22.2 Å². The fourth-order valence-corrected chi connectivity index (χ4v) is 1.27. The first-order chi connectivity index (χ1) is 7.04. The van der Waals surface area contributed by atoms with Gasteiger partial charge in [-0.2, -0.15) is 5.26 Å². The van der Waals surface area contributed by atoms with E-state index in [-0.39, 0.29) is 5.75 Å². The van der Waals surface area contributed by atoms with Gasteiger partial charge >= 0.3 is 0 Å². The number of halogens is 1. The second kappa shape index (κ2) is 4.80. The summed E-state index contributed by atoms with van der Waals surface area (Å²) < 4.78 is 0.489. The Hall–Kier alpha value is -1.54. The molecule has 78 valence electrons. The molecule has 0 unspecified atom stereocenters. The second-order valence-electron chi connectivity index (χ2n) is 3.14. The zero-order chi connectivity index (χ0) is 11.4. The monoisotopic (exact) mass is 267 g/mol. The maximum atomic E-state index is 9.44. The first-order valence-electron chi connectivity index (χ1n) is 4.18. The Labute approximate surface area is 96.6 Å². The van der Waals surface area contributed by atoms with Gasteiger partial charge in [0.1, 0.15) is 11.8 Å². The molecule has 1 aromatic rings. The summed E-state index contributed by atoms with van der Waals surface area (Å²) in [5, 5.41) is 18.3. The van der Waals surface area contributed by atoms with Gasteiger partial charge in [0, 0.05) is 20.2 Å². The summed E-state index contributed by atoms with van der Waals surface area (Å²) in [6.07, 6.45) is 1.57. The molecule has 0 atom stereocenters. The number of phenolic OH excluding ortho intramolecular Hbond substituents is 1. The number of rotatable bonds is 2. The number of hydrogen-bond acceptors (Lipinski definition) is 3. The molecule has 1 aromatic carbocycles. The van der Waals surface area contributed by atoms with Crippen LogP contribution in [-0.2, 0) is 0 Å². The Morgan fingerprint density at radius 3 is 2.73 bits per heavy atom. The number of aliphatic imine (C=N–C) groups is 1. The van der Waals surface area contributed by atoms with Gasteiger partial charge in [-0.15, -0.1) is 0 Å². The van der Waals surface area contributed by atoms with Crippen LogP contribution in [-0.4, -0.2) is 30.4 Å². The van der Waals surface area contributed by atoms with Crippen molar-refractivity contribution < 1.29 is 5.11 Å². The molecule has 0 fully saturated rings. The molecule has 4 nitrogen and oxygen atoms in total. The first kappa shape index (κ1) is 11.5. The number of nitriles is 1. The lowest BCUT2D eigenvalue weighted by atomic mass is 10.2. The van der Waals surface area contributed by atoms with E-state index in [4.69, 9.17) is 5.26 Å². The van der Waals surface area contributed by atoms with Crippen molar-refractivity contribution in [2.75, 3.05) is 14.1 Å². The van der Waals surface area contributed by atoms with Gasteiger partial charge < -0.3 is 10.0 Å². The Kier molecular flexibility index (Phi) is 3.69. The van der Waals surface area contributed by atoms with Crippen LogP contribution in [0.25, 0.3) is 0 Å². The van der Waals surface area contributed by atoms with Crippen molar-refractivity contribution in [1.29, 1.82) is 5.26 Å². The average molecular weight is 268 g/mol. The molecule has 1 N–H and O–H groups in total. The summed E-state index contributed by atoms with van der Waals surface area (Å²) in [5.74, 6) is 0.0694. The van der Waals surface area contributed by atoms with Crippen LogP contribution in [0.4, 0.5) is 5.69 Å². The zero-order valence-electron chi connectivity index (χ0n) is 8.40. The molecule has 0 saturated heterocycles. The molecule has 0 aromatic heterocycles. The lowest BCUT2D eigenvalue weighted by Crippen LogP contribution is -2.07. The molecule has 0 saturated carbocycles. The van der Waals surface area contributed by atoms with Crippen LogP contribution < -0.4 is 0 Å². The van der Waals surface area contributed by atoms with E-state index in [0.29, 0.717) is 15.7 Å². The fourth-order valence-electron chi connectivity index (χ4n) is 0.925. The maximum absolute atomic E-state index is 9.44. The van der Waals surface area contributed by atoms with Gasteiger partial charge in [0.25, 0.3) is 0 Å². The van der Waals surface area contributed by atoms with E-state index < -0.39 is 0 Å². The molecular weight excluding hydrogens is 258 g/mol. The largest absolute Gasteiger partial charge is 0.507 e. The quantitative estimate of drug-likeness (QED) is 0.661. The van der Waals surface area contributed by atoms with Crippen molar-refractivity contribution in [2.45, 2.75) is 0 Å². The summed E-state index contributed by atoms with van der Waals surface area (Å²) in [4.78, 5) is 5.83. The molecule has 15 heavy (non-hydrogen) atoms. The Morgan fingerprint density at radius 2 is 2.20 bits per heavy atom. The number of nitrogens with zero attached hydrogens (tertiary/aromatic N) is 3. The molecule has 0 radical (unpaired) electrons. The van der Waals surface area contributed by atoms with E-state index in [1.807, 2.05) is 20.2 Å². The third kappa shape index (κ3) is 2.96. The minimum absolute atomic E-state index is 0.0694. The number of benzene rings is 1. The minimum Gasteiger partial charge on any atom is -0.507 e. The molecule has 0 aliphatic carbocycles. The van der Waals surface area contributed by atoms with Crippen LogP contribution in [0.5, 0.6) is 5.75 Å². The molecule has 0 aliphatic rings. The highest BCUT2D eigenvalue weighted by atomic mass is 79.9. The third-order valence-electron chi connectivity index (χ3n) is 1.61. The van der Waals surface area contributed by atoms with Crippen molar-refractivity contribution >= 4 is 28.0 Å². The summed E-state index contributed by atoms with van der Waals surface area (Å²) in [6, 6.07) is 5.00. The topological polar surface area (TPSA) is 59.6 Å². The molecule has 0 aliphatic heterocycles. The van der Waals surface area contributed by atoms with Gasteiger partial charge in [-0.05, 0) is 22.0 Å². The van der Waals surface area contributed by atoms with Crippen molar-refractivity contribution in [3.8, 4) is 11.8 Å². The molecule has 0 bridgehead atoms. The normalized spacial score (nSPS) is 10.3. The Morgan fingerprint density at radius 1 is 1.53 bits per heavy atom. The predicted molar refractivity (Wildman–Crippen MR) is 62.4 cm³/mol. The van der Waals surface area contributed by atoms with Crippen molar-refractivity contribution in [3.63, 3.8) is 0 Å². The van der Waals surface area contributed by atoms with Crippen LogP contribution in [0.2, 0.25) is 0 Å². The Balaban J connectivity index is 3.18. The summed E-state index contributed by atoms with van der Waals surface area (Å²) in [7, 11) is 3.66. The predicted octanol–water partition coefficient (Wildman–Crippen LogP) is 2.25. The van der Waals surface area contributed by atoms with E-state index in [0.717, 1.165) is 0 Å². The third-order valence-corrected chi connectivity index (χ3v) is 2.25. The Bertz CT molecular complexity index is 435. The van der Waals surface area contributed by atoms with Crippen molar-refractivity contribution in [2.24, 2.45) is 4.99 Å². The van der Waals surface area contributed by atoms with Crippen LogP contribution >= 0.6 is 15.9 Å². The minimum atomic E-state index is 0.0694.